The number of anilines is 1. The molecule has 0 saturated carbocycles. The first kappa shape index (κ1) is 29.6. The van der Waals surface area contributed by atoms with E-state index in [1.54, 1.807) is 41.3 Å². The van der Waals surface area contributed by atoms with Gasteiger partial charge in [0.05, 0.1) is 16.0 Å². The molecule has 6 rings (SSSR count). The summed E-state index contributed by atoms with van der Waals surface area (Å²) in [6.07, 6.45) is -1.18. The van der Waals surface area contributed by atoms with Crippen molar-refractivity contribution >= 4 is 28.3 Å². The van der Waals surface area contributed by atoms with Crippen LogP contribution in [0.2, 0.25) is 0 Å². The van der Waals surface area contributed by atoms with Crippen LogP contribution in [0.25, 0.3) is 10.9 Å². The molecule has 4 aromatic rings. The molecule has 0 bridgehead atoms. The minimum atomic E-state index is -5.06. The predicted molar refractivity (Wildman–Crippen MR) is 157 cm³/mol. The summed E-state index contributed by atoms with van der Waals surface area (Å²) in [7, 11) is 0. The van der Waals surface area contributed by atoms with Crippen molar-refractivity contribution < 1.29 is 28.0 Å². The first-order valence-corrected chi connectivity index (χ1v) is 14.4. The van der Waals surface area contributed by atoms with Gasteiger partial charge in [-0.05, 0) is 30.2 Å². The third kappa shape index (κ3) is 5.60. The van der Waals surface area contributed by atoms with Gasteiger partial charge in [0, 0.05) is 87.8 Å². The van der Waals surface area contributed by atoms with Crippen LogP contribution < -0.4 is 4.90 Å². The van der Waals surface area contributed by atoms with Crippen molar-refractivity contribution in [2.24, 2.45) is 0 Å². The highest BCUT2D eigenvalue weighted by molar-refractivity contribution is 5.94. The van der Waals surface area contributed by atoms with E-state index in [1.165, 1.54) is 34.0 Å². The zero-order valence-electron chi connectivity index (χ0n) is 23.8. The molecule has 0 spiro atoms. The monoisotopic (exact) mass is 608 g/mol. The van der Waals surface area contributed by atoms with Crippen molar-refractivity contribution in [1.82, 2.24) is 19.4 Å². The summed E-state index contributed by atoms with van der Waals surface area (Å²) >= 11 is 0. The molecular formula is C31H31F3N6O4. The Morgan fingerprint density at radius 2 is 1.70 bits per heavy atom. The number of nitrogens with zero attached hydrogens (tertiary/aromatic N) is 6. The van der Waals surface area contributed by atoms with Gasteiger partial charge in [-0.3, -0.25) is 19.8 Å². The first-order valence-electron chi connectivity index (χ1n) is 14.4. The summed E-state index contributed by atoms with van der Waals surface area (Å²) in [5.74, 6) is 0.563. The Morgan fingerprint density at radius 3 is 2.30 bits per heavy atom. The molecule has 0 radical (unpaired) electrons. The molecule has 0 aliphatic carbocycles. The predicted octanol–water partition coefficient (Wildman–Crippen LogP) is 4.41. The molecular weight excluding hydrogens is 577 g/mol. The zero-order chi connectivity index (χ0) is 31.1. The molecule has 13 heteroatoms. The van der Waals surface area contributed by atoms with Crippen LogP contribution in [-0.2, 0) is 12.1 Å². The van der Waals surface area contributed by atoms with Crippen LogP contribution in [0.15, 0.2) is 73.1 Å². The Hall–Kier alpha value is -4.49. The first-order chi connectivity index (χ1) is 21.0. The maximum atomic E-state index is 14.8. The van der Waals surface area contributed by atoms with E-state index in [9.17, 15) is 33.2 Å². The van der Waals surface area contributed by atoms with Crippen LogP contribution in [0.4, 0.5) is 24.7 Å². The van der Waals surface area contributed by atoms with Gasteiger partial charge in [0.2, 0.25) is 5.60 Å². The van der Waals surface area contributed by atoms with Crippen molar-refractivity contribution in [2.75, 3.05) is 50.7 Å². The molecule has 1 unspecified atom stereocenters. The number of non-ortho nitro benzene ring substituents is 1. The van der Waals surface area contributed by atoms with E-state index >= 15 is 0 Å². The number of nitro groups is 1. The highest BCUT2D eigenvalue weighted by Gasteiger charge is 2.57. The number of piperazine rings is 1. The maximum absolute atomic E-state index is 14.8. The van der Waals surface area contributed by atoms with Gasteiger partial charge in [-0.1, -0.05) is 30.3 Å². The lowest BCUT2D eigenvalue weighted by Gasteiger charge is -2.40. The van der Waals surface area contributed by atoms with Crippen LogP contribution in [0, 0.1) is 10.1 Å². The molecule has 230 valence electrons. The van der Waals surface area contributed by atoms with E-state index in [4.69, 9.17) is 0 Å². The number of halogens is 3. The van der Waals surface area contributed by atoms with Crippen LogP contribution in [0.3, 0.4) is 0 Å². The van der Waals surface area contributed by atoms with Gasteiger partial charge in [-0.25, -0.2) is 4.98 Å². The maximum Gasteiger partial charge on any atom is 0.422 e. The van der Waals surface area contributed by atoms with E-state index in [2.05, 4.69) is 9.88 Å². The number of fused-ring (bicyclic) bond motifs is 1. The lowest BCUT2D eigenvalue weighted by atomic mass is 9.91. The topological polar surface area (TPSA) is 108 Å². The molecule has 2 aromatic heterocycles. The minimum absolute atomic E-state index is 0.0781. The molecule has 2 aliphatic heterocycles. The van der Waals surface area contributed by atoms with Gasteiger partial charge in [-0.2, -0.15) is 13.2 Å². The number of hydrogen-bond donors (Lipinski definition) is 1. The van der Waals surface area contributed by atoms with Crippen molar-refractivity contribution in [3.05, 3.63) is 99.9 Å². The Labute approximate surface area is 251 Å². The molecule has 10 nitrogen and oxygen atoms in total. The number of carbonyl (C=O) groups excluding carboxylic acids is 1. The van der Waals surface area contributed by atoms with E-state index in [-0.39, 0.29) is 60.8 Å². The summed E-state index contributed by atoms with van der Waals surface area (Å²) in [5.41, 5.74) is -2.51. The summed E-state index contributed by atoms with van der Waals surface area (Å²) in [4.78, 5) is 33.5. The second-order valence-electron chi connectivity index (χ2n) is 11.3. The average Bonchev–Trinajstić information content (AvgIpc) is 3.34. The summed E-state index contributed by atoms with van der Waals surface area (Å²) < 4.78 is 45.9. The normalized spacial score (nSPS) is 17.4. The Balaban J connectivity index is 1.23. The standard InChI is InChI=1S/C31H31F3N6O4/c32-31(33,34)30(42,21-36-13-15-38(16-14-36)29(41)23-7-10-28(35-18-23)37-11-4-12-37)26-20-39(19-22-5-2-1-3-6-22)27-17-24(40(43)44)8-9-25(26)27/h1-3,5-10,17-18,20,42H,4,11-16,19,21H2. The molecule has 4 heterocycles. The lowest BCUT2D eigenvalue weighted by molar-refractivity contribution is -0.384. The van der Waals surface area contributed by atoms with Gasteiger partial charge < -0.3 is 19.5 Å². The number of carbonyl (C=O) groups is 1. The van der Waals surface area contributed by atoms with Crippen molar-refractivity contribution in [3.63, 3.8) is 0 Å². The number of aromatic nitrogens is 2. The van der Waals surface area contributed by atoms with Gasteiger partial charge in [0.15, 0.2) is 0 Å². The fourth-order valence-electron chi connectivity index (χ4n) is 5.82. The third-order valence-electron chi connectivity index (χ3n) is 8.47. The number of amides is 1. The van der Waals surface area contributed by atoms with E-state index < -0.39 is 23.2 Å². The van der Waals surface area contributed by atoms with Crippen LogP contribution in [0.1, 0.15) is 27.9 Å². The second-order valence-corrected chi connectivity index (χ2v) is 11.3. The van der Waals surface area contributed by atoms with Crippen LogP contribution in [0.5, 0.6) is 0 Å². The molecule has 1 atom stereocenters. The molecule has 1 amide bonds. The summed E-state index contributed by atoms with van der Waals surface area (Å²) in [6.45, 7) is 1.87. The van der Waals surface area contributed by atoms with Crippen molar-refractivity contribution in [3.8, 4) is 0 Å². The zero-order valence-corrected chi connectivity index (χ0v) is 23.8. The highest BCUT2D eigenvalue weighted by Crippen LogP contribution is 2.44. The number of hydrogen-bond acceptors (Lipinski definition) is 7. The Bertz CT molecular complexity index is 1670. The van der Waals surface area contributed by atoms with E-state index in [0.717, 1.165) is 37.0 Å². The molecule has 2 aromatic carbocycles. The lowest BCUT2D eigenvalue weighted by Crippen LogP contribution is -2.56. The fraction of sp³-hybridized carbons (Fsp3) is 0.355. The van der Waals surface area contributed by atoms with Gasteiger partial charge in [0.1, 0.15) is 5.82 Å². The van der Waals surface area contributed by atoms with Crippen molar-refractivity contribution in [2.45, 2.75) is 24.7 Å². The van der Waals surface area contributed by atoms with Crippen LogP contribution >= 0.6 is 0 Å². The quantitative estimate of drug-likeness (QED) is 0.233. The molecule has 1 N–H and O–H groups in total. The largest absolute Gasteiger partial charge is 0.422 e. The second kappa shape index (κ2) is 11.5. The molecule has 44 heavy (non-hydrogen) atoms. The minimum Gasteiger partial charge on any atom is -0.375 e. The highest BCUT2D eigenvalue weighted by atomic mass is 19.4. The number of alkyl halides is 3. The molecule has 2 aliphatic rings. The SMILES string of the molecule is O=C(c1ccc(N2CCC2)nc1)N1CCN(CC(O)(c2cn(Cc3ccccc3)c3cc([N+](=O)[O-])ccc23)C(F)(F)F)CC1. The summed E-state index contributed by atoms with van der Waals surface area (Å²) in [6, 6.07) is 16.1. The van der Waals surface area contributed by atoms with Gasteiger partial charge >= 0.3 is 6.18 Å². The average molecular weight is 609 g/mol. The number of aliphatic hydroxyl groups is 1. The van der Waals surface area contributed by atoms with Gasteiger partial charge in [0.25, 0.3) is 11.6 Å². The number of rotatable bonds is 8. The number of β-amino-alcohol motifs (C(OH)–C–C–N with tert-alkyl or cyclic N) is 1. The van der Waals surface area contributed by atoms with E-state index in [1.807, 2.05) is 6.07 Å². The Morgan fingerprint density at radius 1 is 0.977 bits per heavy atom. The van der Waals surface area contributed by atoms with Crippen LogP contribution in [-0.4, -0.2) is 87.3 Å². The van der Waals surface area contributed by atoms with Gasteiger partial charge in [-0.15, -0.1) is 0 Å². The van der Waals surface area contributed by atoms with Crippen molar-refractivity contribution in [1.29, 1.82) is 0 Å². The summed E-state index contributed by atoms with van der Waals surface area (Å²) in [5, 5.41) is 23.0. The number of nitro benzene ring substituents is 1. The smallest absolute Gasteiger partial charge is 0.375 e. The molecule has 2 fully saturated rings. The third-order valence-corrected chi connectivity index (χ3v) is 8.47. The number of pyridine rings is 1. The van der Waals surface area contributed by atoms with E-state index in [0.29, 0.717) is 5.56 Å². The Kier molecular flexibility index (Phi) is 7.76. The number of benzene rings is 2. The fourth-order valence-corrected chi connectivity index (χ4v) is 5.82. The molecule has 2 saturated heterocycles.